The quantitative estimate of drug-likeness (QED) is 0.829. The van der Waals surface area contributed by atoms with Crippen LogP contribution in [-0.4, -0.2) is 9.38 Å². The number of imidazole rings is 1. The average Bonchev–Trinajstić information content (AvgIpc) is 2.53. The number of hydrogen-bond acceptors (Lipinski definition) is 1. The molecule has 0 saturated heterocycles. The van der Waals surface area contributed by atoms with E-state index in [2.05, 4.69) is 53.1 Å². The number of aromatic nitrogens is 2. The van der Waals surface area contributed by atoms with Crippen molar-refractivity contribution >= 4 is 21.6 Å². The first-order valence-corrected chi connectivity index (χ1v) is 6.07. The van der Waals surface area contributed by atoms with Gasteiger partial charge in [0, 0.05) is 12.4 Å². The van der Waals surface area contributed by atoms with Crippen molar-refractivity contribution in [1.82, 2.24) is 9.38 Å². The van der Waals surface area contributed by atoms with Crippen LogP contribution < -0.4 is 0 Å². The Morgan fingerprint density at radius 1 is 1.47 bits per heavy atom. The predicted octanol–water partition coefficient (Wildman–Crippen LogP) is 3.69. The Kier molecular flexibility index (Phi) is 3.10. The number of halogens is 1. The number of fused-ring (bicyclic) bond motifs is 1. The van der Waals surface area contributed by atoms with Crippen LogP contribution in [0.3, 0.4) is 0 Å². The highest BCUT2D eigenvalue weighted by Crippen LogP contribution is 2.14. The van der Waals surface area contributed by atoms with E-state index in [0.29, 0.717) is 0 Å². The molecular formula is C12H15BrN2. The molecule has 0 aliphatic carbocycles. The van der Waals surface area contributed by atoms with Gasteiger partial charge in [0.1, 0.15) is 10.3 Å². The summed E-state index contributed by atoms with van der Waals surface area (Å²) in [5.41, 5.74) is 2.39. The molecule has 3 heteroatoms. The molecule has 0 radical (unpaired) electrons. The third kappa shape index (κ3) is 2.59. The van der Waals surface area contributed by atoms with E-state index in [-0.39, 0.29) is 0 Å². The van der Waals surface area contributed by atoms with E-state index in [9.17, 15) is 0 Å². The van der Waals surface area contributed by atoms with Crippen LogP contribution in [0.2, 0.25) is 0 Å². The first-order chi connectivity index (χ1) is 7.15. The van der Waals surface area contributed by atoms with E-state index < -0.39 is 0 Å². The molecule has 0 atom stereocenters. The van der Waals surface area contributed by atoms with E-state index in [1.165, 1.54) is 12.0 Å². The zero-order valence-electron chi connectivity index (χ0n) is 9.07. The Hall–Kier alpha value is -0.830. The van der Waals surface area contributed by atoms with E-state index in [1.54, 1.807) is 0 Å². The van der Waals surface area contributed by atoms with E-state index in [4.69, 9.17) is 0 Å². The lowest BCUT2D eigenvalue weighted by atomic mass is 10.0. The van der Waals surface area contributed by atoms with Gasteiger partial charge in [-0.15, -0.1) is 0 Å². The number of hydrogen-bond donors (Lipinski definition) is 0. The number of pyridine rings is 1. The molecule has 80 valence electrons. The molecule has 0 saturated carbocycles. The fraction of sp³-hybridized carbons (Fsp3) is 0.417. The van der Waals surface area contributed by atoms with Gasteiger partial charge in [-0.2, -0.15) is 0 Å². The Morgan fingerprint density at radius 2 is 2.27 bits per heavy atom. The summed E-state index contributed by atoms with van der Waals surface area (Å²) >= 11 is 3.38. The smallest absolute Gasteiger partial charge is 0.138 e. The third-order valence-electron chi connectivity index (χ3n) is 2.51. The minimum absolute atomic E-state index is 0.757. The molecule has 0 aliphatic rings. The average molecular weight is 267 g/mol. The van der Waals surface area contributed by atoms with E-state index in [0.717, 1.165) is 22.6 Å². The fourth-order valence-electron chi connectivity index (χ4n) is 1.60. The molecule has 15 heavy (non-hydrogen) atoms. The van der Waals surface area contributed by atoms with Gasteiger partial charge in [0.05, 0.1) is 0 Å². The van der Waals surface area contributed by atoms with Gasteiger partial charge in [-0.25, -0.2) is 4.98 Å². The maximum atomic E-state index is 4.38. The molecular weight excluding hydrogens is 252 g/mol. The van der Waals surface area contributed by atoms with Crippen LogP contribution >= 0.6 is 15.9 Å². The van der Waals surface area contributed by atoms with E-state index in [1.807, 2.05) is 10.6 Å². The first kappa shape index (κ1) is 10.7. The van der Waals surface area contributed by atoms with Crippen LogP contribution in [0.1, 0.15) is 25.8 Å². The van der Waals surface area contributed by atoms with Crippen LogP contribution in [-0.2, 0) is 6.42 Å². The number of aryl methyl sites for hydroxylation is 1. The molecule has 0 fully saturated rings. The summed E-state index contributed by atoms with van der Waals surface area (Å²) in [6.07, 6.45) is 6.42. The molecule has 0 bridgehead atoms. The van der Waals surface area contributed by atoms with Gasteiger partial charge in [-0.05, 0) is 52.4 Å². The topological polar surface area (TPSA) is 17.3 Å². The standard InChI is InChI=1S/C12H15BrN2/c1-9(2)3-4-10-5-6-15-8-11(13)14-12(15)7-10/h5-9H,3-4H2,1-2H3. The van der Waals surface area contributed by atoms with Gasteiger partial charge in [0.15, 0.2) is 0 Å². The zero-order valence-corrected chi connectivity index (χ0v) is 10.7. The summed E-state index contributed by atoms with van der Waals surface area (Å²) in [5.74, 6) is 0.757. The minimum atomic E-state index is 0.757. The highest BCUT2D eigenvalue weighted by Gasteiger charge is 2.01. The maximum Gasteiger partial charge on any atom is 0.138 e. The second-order valence-electron chi connectivity index (χ2n) is 4.30. The lowest BCUT2D eigenvalue weighted by Gasteiger charge is -2.04. The van der Waals surface area contributed by atoms with Gasteiger partial charge in [0.25, 0.3) is 0 Å². The lowest BCUT2D eigenvalue weighted by molar-refractivity contribution is 0.586. The summed E-state index contributed by atoms with van der Waals surface area (Å²) in [4.78, 5) is 4.38. The summed E-state index contributed by atoms with van der Waals surface area (Å²) in [6, 6.07) is 4.33. The molecule has 0 amide bonds. The van der Waals surface area contributed by atoms with Crippen LogP contribution in [0.4, 0.5) is 0 Å². The normalized spacial score (nSPS) is 11.5. The SMILES string of the molecule is CC(C)CCc1ccn2cc(Br)nc2c1. The molecule has 2 aromatic rings. The zero-order chi connectivity index (χ0) is 10.8. The van der Waals surface area contributed by atoms with Crippen LogP contribution in [0.15, 0.2) is 29.1 Å². The van der Waals surface area contributed by atoms with Crippen molar-refractivity contribution in [3.8, 4) is 0 Å². The summed E-state index contributed by atoms with van der Waals surface area (Å²) in [6.45, 7) is 4.51. The van der Waals surface area contributed by atoms with Crippen molar-refractivity contribution in [2.24, 2.45) is 5.92 Å². The second-order valence-corrected chi connectivity index (χ2v) is 5.11. The Bertz CT molecular complexity index is 460. The molecule has 2 rings (SSSR count). The van der Waals surface area contributed by atoms with Crippen molar-refractivity contribution in [1.29, 1.82) is 0 Å². The summed E-state index contributed by atoms with van der Waals surface area (Å²) in [5, 5.41) is 0. The van der Waals surface area contributed by atoms with Crippen LogP contribution in [0.5, 0.6) is 0 Å². The van der Waals surface area contributed by atoms with Crippen molar-refractivity contribution in [3.63, 3.8) is 0 Å². The van der Waals surface area contributed by atoms with Crippen molar-refractivity contribution in [2.45, 2.75) is 26.7 Å². The van der Waals surface area contributed by atoms with Crippen molar-refractivity contribution in [3.05, 3.63) is 34.7 Å². The molecule has 0 unspecified atom stereocenters. The predicted molar refractivity (Wildman–Crippen MR) is 66.1 cm³/mol. The lowest BCUT2D eigenvalue weighted by Crippen LogP contribution is -1.93. The van der Waals surface area contributed by atoms with Gasteiger partial charge in [0.2, 0.25) is 0 Å². The number of nitrogens with zero attached hydrogens (tertiary/aromatic N) is 2. The molecule has 2 aromatic heterocycles. The van der Waals surface area contributed by atoms with Gasteiger partial charge >= 0.3 is 0 Å². The Balaban J connectivity index is 2.22. The molecule has 2 nitrogen and oxygen atoms in total. The molecule has 0 spiro atoms. The summed E-state index contributed by atoms with van der Waals surface area (Å²) in [7, 11) is 0. The molecule has 0 aromatic carbocycles. The largest absolute Gasteiger partial charge is 0.306 e. The van der Waals surface area contributed by atoms with Gasteiger partial charge in [-0.3, -0.25) is 0 Å². The van der Waals surface area contributed by atoms with Gasteiger partial charge < -0.3 is 4.40 Å². The maximum absolute atomic E-state index is 4.38. The first-order valence-electron chi connectivity index (χ1n) is 5.28. The van der Waals surface area contributed by atoms with E-state index >= 15 is 0 Å². The highest BCUT2D eigenvalue weighted by molar-refractivity contribution is 9.10. The van der Waals surface area contributed by atoms with Gasteiger partial charge in [-0.1, -0.05) is 13.8 Å². The molecule has 0 aliphatic heterocycles. The molecule has 2 heterocycles. The number of rotatable bonds is 3. The highest BCUT2D eigenvalue weighted by atomic mass is 79.9. The summed E-state index contributed by atoms with van der Waals surface area (Å²) < 4.78 is 2.92. The molecule has 0 N–H and O–H groups in total. The fourth-order valence-corrected chi connectivity index (χ4v) is 2.01. The minimum Gasteiger partial charge on any atom is -0.306 e. The Morgan fingerprint density at radius 3 is 3.00 bits per heavy atom. The monoisotopic (exact) mass is 266 g/mol. The second kappa shape index (κ2) is 4.35. The van der Waals surface area contributed by atoms with Crippen molar-refractivity contribution in [2.75, 3.05) is 0 Å². The van der Waals surface area contributed by atoms with Crippen LogP contribution in [0.25, 0.3) is 5.65 Å². The van der Waals surface area contributed by atoms with Crippen molar-refractivity contribution < 1.29 is 0 Å². The van der Waals surface area contributed by atoms with Crippen LogP contribution in [0, 0.1) is 5.92 Å². The third-order valence-corrected chi connectivity index (χ3v) is 2.89. The Labute approximate surface area is 98.5 Å².